The third-order valence-electron chi connectivity index (χ3n) is 3.88. The van der Waals surface area contributed by atoms with E-state index in [1.807, 2.05) is 6.92 Å². The van der Waals surface area contributed by atoms with Gasteiger partial charge in [-0.15, -0.1) is 0 Å². The molecule has 0 atom stereocenters. The zero-order valence-electron chi connectivity index (χ0n) is 19.2. The van der Waals surface area contributed by atoms with Crippen molar-refractivity contribution in [2.45, 2.75) is 46.5 Å². The van der Waals surface area contributed by atoms with E-state index in [4.69, 9.17) is 18.8 Å². The van der Waals surface area contributed by atoms with E-state index in [-0.39, 0.29) is 83.4 Å². The summed E-state index contributed by atoms with van der Waals surface area (Å²) in [6, 6.07) is 0. The number of hydrogen-bond donors (Lipinski definition) is 1. The van der Waals surface area contributed by atoms with Crippen LogP contribution in [0.3, 0.4) is 0 Å². The van der Waals surface area contributed by atoms with Crippen LogP contribution < -0.4 is 51.4 Å². The van der Waals surface area contributed by atoms with Gasteiger partial charge in [0.25, 0.3) is 10.1 Å². The third-order valence-corrected chi connectivity index (χ3v) is 4.68. The van der Waals surface area contributed by atoms with E-state index < -0.39 is 52.4 Å². The number of carbonyl (C=O) groups is 3. The Kier molecular flexibility index (Phi) is 16.1. The first-order valence-corrected chi connectivity index (χ1v) is 10.7. The molecule has 0 rings (SSSR count). The third kappa shape index (κ3) is 13.0. The molecule has 0 spiro atoms. The molecule has 0 fully saturated rings. The molecule has 0 aromatic heterocycles. The predicted octanol–water partition coefficient (Wildman–Crippen LogP) is -0.661. The summed E-state index contributed by atoms with van der Waals surface area (Å²) in [5, 5.41) is 0. The molecule has 0 radical (unpaired) electrons. The fourth-order valence-electron chi connectivity index (χ4n) is 2.13. The standard InChI is InChI=1S/C19H30O9S.K.H/c1-6-7-9-19(12-27-16(20)14(2)3,13-28-17(21)15(4)5)18(22)26-10-8-11-29(23,24)25;;/h2,4,6-13H2,1,3,5H3,(H,23,24,25);;/q;+1;-1. The average molecular weight is 475 g/mol. The molecule has 0 saturated heterocycles. The number of esters is 3. The summed E-state index contributed by atoms with van der Waals surface area (Å²) < 4.78 is 45.8. The maximum Gasteiger partial charge on any atom is 1.00 e. The number of hydrogen-bond acceptors (Lipinski definition) is 8. The van der Waals surface area contributed by atoms with E-state index in [1.165, 1.54) is 13.8 Å². The van der Waals surface area contributed by atoms with Crippen molar-refractivity contribution < 1.29 is 94.4 Å². The second kappa shape index (κ2) is 15.3. The van der Waals surface area contributed by atoms with Crippen LogP contribution in [0.1, 0.15) is 47.9 Å². The Balaban J connectivity index is -0.00000392. The minimum atomic E-state index is -4.18. The molecular weight excluding hydrogens is 443 g/mol. The minimum absolute atomic E-state index is 0. The monoisotopic (exact) mass is 474 g/mol. The molecule has 0 bridgehead atoms. The van der Waals surface area contributed by atoms with Crippen molar-refractivity contribution in [3.63, 3.8) is 0 Å². The Morgan fingerprint density at radius 3 is 1.80 bits per heavy atom. The Morgan fingerprint density at radius 2 is 1.43 bits per heavy atom. The smallest absolute Gasteiger partial charge is 1.00 e. The second-order valence-electron chi connectivity index (χ2n) is 6.87. The molecule has 0 amide bonds. The first-order chi connectivity index (χ1) is 13.3. The fourth-order valence-corrected chi connectivity index (χ4v) is 2.62. The van der Waals surface area contributed by atoms with E-state index in [0.717, 1.165) is 0 Å². The van der Waals surface area contributed by atoms with Gasteiger partial charge < -0.3 is 15.6 Å². The van der Waals surface area contributed by atoms with Crippen molar-refractivity contribution in [1.29, 1.82) is 0 Å². The zero-order chi connectivity index (χ0) is 22.7. The topological polar surface area (TPSA) is 133 Å². The summed E-state index contributed by atoms with van der Waals surface area (Å²) in [5.74, 6) is -2.80. The van der Waals surface area contributed by atoms with E-state index in [1.54, 1.807) is 0 Å². The van der Waals surface area contributed by atoms with Crippen LogP contribution in [-0.2, 0) is 38.7 Å². The van der Waals surface area contributed by atoms with Crippen molar-refractivity contribution in [3.8, 4) is 0 Å². The first-order valence-electron chi connectivity index (χ1n) is 9.12. The number of carbonyl (C=O) groups excluding carboxylic acids is 3. The molecule has 168 valence electrons. The van der Waals surface area contributed by atoms with E-state index >= 15 is 0 Å². The number of unbranched alkanes of at least 4 members (excludes halogenated alkanes) is 1. The normalized spacial score (nSPS) is 11.1. The van der Waals surface area contributed by atoms with Gasteiger partial charge in [0, 0.05) is 11.1 Å². The molecule has 0 aromatic carbocycles. The van der Waals surface area contributed by atoms with Gasteiger partial charge in [-0.05, 0) is 26.7 Å². The molecular formula is C19H31KO9S. The van der Waals surface area contributed by atoms with Gasteiger partial charge in [-0.3, -0.25) is 9.35 Å². The summed E-state index contributed by atoms with van der Waals surface area (Å²) in [6.07, 6.45) is 1.34. The van der Waals surface area contributed by atoms with Crippen LogP contribution >= 0.6 is 0 Å². The van der Waals surface area contributed by atoms with Crippen molar-refractivity contribution >= 4 is 28.0 Å². The van der Waals surface area contributed by atoms with Crippen LogP contribution in [0, 0.1) is 5.41 Å². The second-order valence-corrected chi connectivity index (χ2v) is 8.44. The molecule has 1 N–H and O–H groups in total. The fraction of sp³-hybridized carbons (Fsp3) is 0.632. The molecule has 0 aromatic rings. The van der Waals surface area contributed by atoms with Crippen molar-refractivity contribution in [1.82, 2.24) is 0 Å². The quantitative estimate of drug-likeness (QED) is 0.0869. The largest absolute Gasteiger partial charge is 1.00 e. The minimum Gasteiger partial charge on any atom is -1.00 e. The Labute approximate surface area is 222 Å². The molecule has 0 aliphatic rings. The van der Waals surface area contributed by atoms with Gasteiger partial charge in [0.15, 0.2) is 0 Å². The molecule has 0 heterocycles. The van der Waals surface area contributed by atoms with Crippen LogP contribution in [0.25, 0.3) is 0 Å². The van der Waals surface area contributed by atoms with Crippen LogP contribution in [0.5, 0.6) is 0 Å². The maximum atomic E-state index is 12.8. The van der Waals surface area contributed by atoms with Crippen LogP contribution in [0.15, 0.2) is 24.3 Å². The summed E-state index contributed by atoms with van der Waals surface area (Å²) in [5.41, 5.74) is -1.20. The van der Waals surface area contributed by atoms with Crippen molar-refractivity contribution in [2.75, 3.05) is 25.6 Å². The van der Waals surface area contributed by atoms with Gasteiger partial charge in [-0.2, -0.15) is 8.42 Å². The summed E-state index contributed by atoms with van der Waals surface area (Å²) >= 11 is 0. The van der Waals surface area contributed by atoms with Crippen molar-refractivity contribution in [3.05, 3.63) is 24.3 Å². The Bertz CT molecular complexity index is 705. The average Bonchev–Trinajstić information content (AvgIpc) is 2.63. The molecule has 9 nitrogen and oxygen atoms in total. The molecule has 0 unspecified atom stereocenters. The van der Waals surface area contributed by atoms with Crippen LogP contribution in [0.2, 0.25) is 0 Å². The van der Waals surface area contributed by atoms with Gasteiger partial charge >= 0.3 is 69.3 Å². The molecule has 11 heteroatoms. The SMILES string of the molecule is C=C(C)C(=O)OCC(CCCC)(COC(=O)C(=C)C)C(=O)OCCCS(=O)(=O)O.[H-].[K+]. The van der Waals surface area contributed by atoms with E-state index in [2.05, 4.69) is 13.2 Å². The van der Waals surface area contributed by atoms with E-state index in [9.17, 15) is 22.8 Å². The van der Waals surface area contributed by atoms with Gasteiger partial charge in [0.2, 0.25) is 0 Å². The summed E-state index contributed by atoms with van der Waals surface area (Å²) in [4.78, 5) is 36.4. The molecule has 30 heavy (non-hydrogen) atoms. The predicted molar refractivity (Wildman–Crippen MR) is 107 cm³/mol. The molecule has 0 saturated carbocycles. The maximum absolute atomic E-state index is 12.8. The van der Waals surface area contributed by atoms with Crippen molar-refractivity contribution in [2.24, 2.45) is 5.41 Å². The number of rotatable bonds is 14. The van der Waals surface area contributed by atoms with Crippen LogP contribution in [0.4, 0.5) is 0 Å². The van der Waals surface area contributed by atoms with E-state index in [0.29, 0.717) is 12.8 Å². The zero-order valence-corrected chi connectivity index (χ0v) is 22.1. The molecule has 0 aliphatic carbocycles. The summed E-state index contributed by atoms with van der Waals surface area (Å²) in [7, 11) is -4.18. The Morgan fingerprint density at radius 1 is 0.967 bits per heavy atom. The first kappa shape index (κ1) is 31.6. The Hall–Kier alpha value is -0.564. The summed E-state index contributed by atoms with van der Waals surface area (Å²) in [6.45, 7) is 10.7. The van der Waals surface area contributed by atoms with Gasteiger partial charge in [0.1, 0.15) is 18.6 Å². The van der Waals surface area contributed by atoms with Gasteiger partial charge in [-0.1, -0.05) is 32.9 Å². The number of ether oxygens (including phenoxy) is 3. The van der Waals surface area contributed by atoms with Gasteiger partial charge in [-0.25, -0.2) is 9.59 Å². The van der Waals surface area contributed by atoms with Crippen LogP contribution in [-0.4, -0.2) is 56.5 Å². The molecule has 0 aliphatic heterocycles. The van der Waals surface area contributed by atoms with Gasteiger partial charge in [0.05, 0.1) is 12.4 Å².